The van der Waals surface area contributed by atoms with Gasteiger partial charge >= 0.3 is 0 Å². The number of hydrogen-bond donors (Lipinski definition) is 3. The third-order valence-corrected chi connectivity index (χ3v) is 5.21. The lowest BCUT2D eigenvalue weighted by Crippen LogP contribution is -2.25. The Bertz CT molecular complexity index is 1200. The molecule has 8 nitrogen and oxygen atoms in total. The molecule has 3 N–H and O–H groups in total. The molecule has 0 atom stereocenters. The normalized spacial score (nSPS) is 12.7. The van der Waals surface area contributed by atoms with Crippen molar-refractivity contribution in [2.45, 2.75) is 18.9 Å². The Morgan fingerprint density at radius 2 is 1.69 bits per heavy atom. The van der Waals surface area contributed by atoms with Crippen LogP contribution in [0.15, 0.2) is 66.7 Å². The molecule has 1 fully saturated rings. The molecule has 2 amide bonds. The average molecular weight is 451 g/mol. The molecule has 0 aromatic heterocycles. The van der Waals surface area contributed by atoms with Crippen LogP contribution in [0.3, 0.4) is 0 Å². The van der Waals surface area contributed by atoms with Crippen molar-refractivity contribution in [3.8, 4) is 0 Å². The number of para-hydroxylation sites is 1. The van der Waals surface area contributed by atoms with Gasteiger partial charge in [0.2, 0.25) is 0 Å². The maximum absolute atomic E-state index is 12.7. The van der Waals surface area contributed by atoms with Gasteiger partial charge in [0.1, 0.15) is 5.69 Å². The maximum Gasteiger partial charge on any atom is 0.293 e. The molecular formula is C23H19ClN4O4. The van der Waals surface area contributed by atoms with E-state index in [0.717, 1.165) is 12.8 Å². The van der Waals surface area contributed by atoms with Crippen LogP contribution < -0.4 is 16.0 Å². The molecule has 1 aliphatic carbocycles. The molecule has 4 rings (SSSR count). The molecule has 0 spiro atoms. The number of benzene rings is 3. The number of nitrogens with one attached hydrogen (secondary N) is 3. The average Bonchev–Trinajstić information content (AvgIpc) is 3.58. The van der Waals surface area contributed by atoms with Crippen LogP contribution in [0.2, 0.25) is 5.02 Å². The minimum Gasteiger partial charge on any atom is -0.350 e. The number of nitro benzene ring substituents is 1. The van der Waals surface area contributed by atoms with E-state index in [0.29, 0.717) is 16.9 Å². The van der Waals surface area contributed by atoms with E-state index in [2.05, 4.69) is 16.0 Å². The van der Waals surface area contributed by atoms with Crippen LogP contribution >= 0.6 is 11.6 Å². The first-order valence-electron chi connectivity index (χ1n) is 9.93. The van der Waals surface area contributed by atoms with Crippen molar-refractivity contribution >= 4 is 46.2 Å². The molecule has 9 heteroatoms. The summed E-state index contributed by atoms with van der Waals surface area (Å²) in [7, 11) is 0. The van der Waals surface area contributed by atoms with Gasteiger partial charge in [-0.2, -0.15) is 0 Å². The zero-order chi connectivity index (χ0) is 22.7. The molecule has 162 valence electrons. The predicted octanol–water partition coefficient (Wildman–Crippen LogP) is 5.14. The number of nitro groups is 1. The molecule has 0 radical (unpaired) electrons. The summed E-state index contributed by atoms with van der Waals surface area (Å²) >= 11 is 6.21. The van der Waals surface area contributed by atoms with Crippen LogP contribution in [-0.2, 0) is 0 Å². The third-order valence-electron chi connectivity index (χ3n) is 4.89. The smallest absolute Gasteiger partial charge is 0.293 e. The topological polar surface area (TPSA) is 113 Å². The first-order chi connectivity index (χ1) is 15.4. The van der Waals surface area contributed by atoms with Crippen molar-refractivity contribution in [2.24, 2.45) is 0 Å². The van der Waals surface area contributed by atoms with Gasteiger partial charge in [-0.05, 0) is 55.3 Å². The Balaban J connectivity index is 1.50. The SMILES string of the molecule is O=C(Nc1ccc(C(=O)NC2CC2)c(Cl)c1)c1ccc(Nc2ccccc2)c([N+](=O)[O-])c1. The Morgan fingerprint density at radius 3 is 2.34 bits per heavy atom. The van der Waals surface area contributed by atoms with Crippen molar-refractivity contribution in [3.63, 3.8) is 0 Å². The second-order valence-corrected chi connectivity index (χ2v) is 7.78. The lowest BCUT2D eigenvalue weighted by molar-refractivity contribution is -0.383. The molecule has 0 aliphatic heterocycles. The largest absolute Gasteiger partial charge is 0.350 e. The van der Waals surface area contributed by atoms with Crippen LogP contribution in [0.1, 0.15) is 33.6 Å². The summed E-state index contributed by atoms with van der Waals surface area (Å²) in [5, 5.41) is 20.2. The summed E-state index contributed by atoms with van der Waals surface area (Å²) in [5.41, 5.74) is 1.54. The molecule has 0 heterocycles. The van der Waals surface area contributed by atoms with Crippen molar-refractivity contribution in [2.75, 3.05) is 10.6 Å². The summed E-state index contributed by atoms with van der Waals surface area (Å²) in [6.07, 6.45) is 1.92. The number of anilines is 3. The number of rotatable bonds is 7. The molecule has 3 aromatic rings. The number of carbonyl (C=O) groups is 2. The third kappa shape index (κ3) is 5.04. The number of amides is 2. The van der Waals surface area contributed by atoms with Crippen molar-refractivity contribution < 1.29 is 14.5 Å². The van der Waals surface area contributed by atoms with Gasteiger partial charge in [0.15, 0.2) is 0 Å². The molecule has 0 saturated heterocycles. The molecule has 1 aliphatic rings. The predicted molar refractivity (Wildman–Crippen MR) is 123 cm³/mol. The molecule has 3 aromatic carbocycles. The van der Waals surface area contributed by atoms with Crippen molar-refractivity contribution in [3.05, 3.63) is 93.0 Å². The summed E-state index contributed by atoms with van der Waals surface area (Å²) in [6.45, 7) is 0. The number of nitrogens with zero attached hydrogens (tertiary/aromatic N) is 1. The number of halogens is 1. The highest BCUT2D eigenvalue weighted by Crippen LogP contribution is 2.29. The van der Waals surface area contributed by atoms with E-state index >= 15 is 0 Å². The Morgan fingerprint density at radius 1 is 0.938 bits per heavy atom. The highest BCUT2D eigenvalue weighted by Gasteiger charge is 2.25. The van der Waals surface area contributed by atoms with E-state index < -0.39 is 10.8 Å². The molecule has 32 heavy (non-hydrogen) atoms. The quantitative estimate of drug-likeness (QED) is 0.341. The first-order valence-corrected chi connectivity index (χ1v) is 10.3. The summed E-state index contributed by atoms with van der Waals surface area (Å²) < 4.78 is 0. The van der Waals surface area contributed by atoms with Crippen molar-refractivity contribution in [1.82, 2.24) is 5.32 Å². The number of carbonyl (C=O) groups excluding carboxylic acids is 2. The maximum atomic E-state index is 12.7. The second kappa shape index (κ2) is 9.07. The molecule has 1 saturated carbocycles. The van der Waals surface area contributed by atoms with E-state index in [-0.39, 0.29) is 33.9 Å². The van der Waals surface area contributed by atoms with E-state index in [4.69, 9.17) is 11.6 Å². The minimum atomic E-state index is -0.549. The van der Waals surface area contributed by atoms with Crippen LogP contribution in [0, 0.1) is 10.1 Å². The van der Waals surface area contributed by atoms with E-state index in [1.807, 2.05) is 18.2 Å². The van der Waals surface area contributed by atoms with Crippen LogP contribution in [0.5, 0.6) is 0 Å². The van der Waals surface area contributed by atoms with Gasteiger partial charge in [-0.3, -0.25) is 19.7 Å². The van der Waals surface area contributed by atoms with Gasteiger partial charge in [-0.15, -0.1) is 0 Å². The summed E-state index contributed by atoms with van der Waals surface area (Å²) in [4.78, 5) is 35.8. The van der Waals surface area contributed by atoms with Gasteiger partial charge < -0.3 is 16.0 Å². The van der Waals surface area contributed by atoms with Gasteiger partial charge in [-0.1, -0.05) is 29.8 Å². The highest BCUT2D eigenvalue weighted by molar-refractivity contribution is 6.34. The Labute approximate surface area is 188 Å². The summed E-state index contributed by atoms with van der Waals surface area (Å²) in [5.74, 6) is -0.793. The monoisotopic (exact) mass is 450 g/mol. The fourth-order valence-corrected chi connectivity index (χ4v) is 3.34. The zero-order valence-electron chi connectivity index (χ0n) is 16.8. The lowest BCUT2D eigenvalue weighted by atomic mass is 10.1. The minimum absolute atomic E-state index is 0.113. The van der Waals surface area contributed by atoms with Gasteiger partial charge in [-0.25, -0.2) is 0 Å². The van der Waals surface area contributed by atoms with Crippen molar-refractivity contribution in [1.29, 1.82) is 0 Å². The van der Waals surface area contributed by atoms with E-state index in [1.54, 1.807) is 18.2 Å². The highest BCUT2D eigenvalue weighted by atomic mass is 35.5. The fourth-order valence-electron chi connectivity index (χ4n) is 3.08. The Hall–Kier alpha value is -3.91. The lowest BCUT2D eigenvalue weighted by Gasteiger charge is -2.11. The van der Waals surface area contributed by atoms with E-state index in [1.165, 1.54) is 30.3 Å². The second-order valence-electron chi connectivity index (χ2n) is 7.38. The molecular weight excluding hydrogens is 432 g/mol. The molecule has 0 bridgehead atoms. The first kappa shape index (κ1) is 21.3. The molecule has 0 unspecified atom stereocenters. The number of hydrogen-bond acceptors (Lipinski definition) is 5. The van der Waals surface area contributed by atoms with Crippen LogP contribution in [0.4, 0.5) is 22.7 Å². The Kier molecular flexibility index (Phi) is 6.04. The summed E-state index contributed by atoms with van der Waals surface area (Å²) in [6, 6.07) is 18.0. The van der Waals surface area contributed by atoms with Gasteiger partial charge in [0, 0.05) is 29.0 Å². The van der Waals surface area contributed by atoms with Crippen LogP contribution in [-0.4, -0.2) is 22.8 Å². The standard InChI is InChI=1S/C23H19ClN4O4/c24-19-13-17(9-10-18(19)23(30)26-16-7-8-16)27-22(29)14-6-11-20(21(12-14)28(31)32)25-15-4-2-1-3-5-15/h1-6,9-13,16,25H,7-8H2,(H,26,30)(H,27,29). The van der Waals surface area contributed by atoms with Gasteiger partial charge in [0.25, 0.3) is 17.5 Å². The van der Waals surface area contributed by atoms with Gasteiger partial charge in [0.05, 0.1) is 15.5 Å². The fraction of sp³-hybridized carbons (Fsp3) is 0.130. The zero-order valence-corrected chi connectivity index (χ0v) is 17.6. The van der Waals surface area contributed by atoms with Crippen LogP contribution in [0.25, 0.3) is 0 Å². The van der Waals surface area contributed by atoms with E-state index in [9.17, 15) is 19.7 Å².